The number of fused-ring (bicyclic) bond motifs is 1. The summed E-state index contributed by atoms with van der Waals surface area (Å²) >= 11 is 0. The number of carboxylic acids is 1. The Hall–Kier alpha value is -3.34. The second-order valence-corrected chi connectivity index (χ2v) is 6.52. The van der Waals surface area contributed by atoms with Gasteiger partial charge in [0.15, 0.2) is 0 Å². The molecule has 11 heteroatoms. The largest absolute Gasteiger partial charge is 0.490 e. The zero-order chi connectivity index (χ0) is 21.7. The minimum absolute atomic E-state index is 0.800. The fraction of sp³-hybridized carbons (Fsp3) is 0.316. The van der Waals surface area contributed by atoms with Gasteiger partial charge in [0, 0.05) is 56.5 Å². The summed E-state index contributed by atoms with van der Waals surface area (Å²) in [6.07, 6.45) is 2.14. The summed E-state index contributed by atoms with van der Waals surface area (Å²) in [5.74, 6) is -1.96. The highest BCUT2D eigenvalue weighted by molar-refractivity contribution is 5.83. The zero-order valence-electron chi connectivity index (χ0n) is 16.0. The van der Waals surface area contributed by atoms with Crippen molar-refractivity contribution in [3.63, 3.8) is 0 Å². The third-order valence-corrected chi connectivity index (χ3v) is 4.41. The van der Waals surface area contributed by atoms with Crippen LogP contribution in [0.1, 0.15) is 5.56 Å². The number of carbonyl (C=O) groups is 1. The van der Waals surface area contributed by atoms with Crippen molar-refractivity contribution in [1.82, 2.24) is 25.3 Å². The van der Waals surface area contributed by atoms with Crippen LogP contribution in [0.5, 0.6) is 0 Å². The van der Waals surface area contributed by atoms with Crippen LogP contribution >= 0.6 is 0 Å². The number of rotatable bonds is 2. The molecule has 1 aromatic carbocycles. The molecule has 0 bridgehead atoms. The van der Waals surface area contributed by atoms with Crippen LogP contribution in [0.3, 0.4) is 0 Å². The van der Waals surface area contributed by atoms with E-state index in [1.54, 1.807) is 12.4 Å². The third kappa shape index (κ3) is 5.17. The number of hydrogen-bond acceptors (Lipinski definition) is 7. The van der Waals surface area contributed by atoms with E-state index in [4.69, 9.17) is 9.90 Å². The molecule has 2 aromatic heterocycles. The molecular weight excluding hydrogens is 401 g/mol. The van der Waals surface area contributed by atoms with Crippen molar-refractivity contribution in [3.8, 4) is 11.1 Å². The van der Waals surface area contributed by atoms with Gasteiger partial charge in [0.1, 0.15) is 0 Å². The number of benzene rings is 1. The predicted octanol–water partition coefficient (Wildman–Crippen LogP) is 2.44. The van der Waals surface area contributed by atoms with Crippen LogP contribution in [0.2, 0.25) is 0 Å². The lowest BCUT2D eigenvalue weighted by Crippen LogP contribution is -2.44. The van der Waals surface area contributed by atoms with E-state index < -0.39 is 12.1 Å². The highest BCUT2D eigenvalue weighted by Crippen LogP contribution is 2.26. The number of aryl methyl sites for hydroxylation is 1. The summed E-state index contributed by atoms with van der Waals surface area (Å²) in [6, 6.07) is 4.11. The van der Waals surface area contributed by atoms with Gasteiger partial charge in [-0.1, -0.05) is 0 Å². The number of nitrogens with one attached hydrogen (secondary N) is 1. The van der Waals surface area contributed by atoms with E-state index in [1.807, 2.05) is 12.4 Å². The molecule has 1 fully saturated rings. The first-order valence-corrected chi connectivity index (χ1v) is 9.05. The molecule has 1 aliphatic heterocycles. The molecule has 8 nitrogen and oxygen atoms in total. The number of aromatic nitrogens is 4. The van der Waals surface area contributed by atoms with E-state index in [1.165, 1.54) is 0 Å². The number of piperazine rings is 1. The number of hydrogen-bond donors (Lipinski definition) is 2. The van der Waals surface area contributed by atoms with E-state index in [9.17, 15) is 13.2 Å². The molecule has 0 atom stereocenters. The zero-order valence-corrected chi connectivity index (χ0v) is 16.0. The Balaban J connectivity index is 0.000000318. The Bertz CT molecular complexity index is 1020. The predicted molar refractivity (Wildman–Crippen MR) is 104 cm³/mol. The third-order valence-electron chi connectivity index (χ3n) is 4.41. The van der Waals surface area contributed by atoms with Gasteiger partial charge in [-0.3, -0.25) is 9.97 Å². The van der Waals surface area contributed by atoms with Gasteiger partial charge in [0.2, 0.25) is 5.95 Å². The lowest BCUT2D eigenvalue weighted by atomic mass is 10.0. The second-order valence-electron chi connectivity index (χ2n) is 6.52. The average molecular weight is 420 g/mol. The summed E-state index contributed by atoms with van der Waals surface area (Å²) in [5, 5.41) is 10.5. The molecular formula is C19H19F3N6O2. The van der Waals surface area contributed by atoms with Crippen LogP contribution in [0.25, 0.3) is 22.2 Å². The van der Waals surface area contributed by atoms with E-state index in [0.29, 0.717) is 0 Å². The van der Waals surface area contributed by atoms with Gasteiger partial charge in [0.05, 0.1) is 11.0 Å². The summed E-state index contributed by atoms with van der Waals surface area (Å²) in [5.41, 5.74) is 5.06. The fourth-order valence-corrected chi connectivity index (χ4v) is 2.91. The van der Waals surface area contributed by atoms with Crippen LogP contribution in [-0.4, -0.2) is 63.4 Å². The van der Waals surface area contributed by atoms with Crippen LogP contribution in [0.15, 0.2) is 36.9 Å². The molecule has 1 aliphatic rings. The second kappa shape index (κ2) is 8.99. The molecule has 0 saturated carbocycles. The SMILES string of the molecule is Cc1cc2nccnc2cc1-c1cnc(N2CCNCC2)nc1.O=C(O)C(F)(F)F. The van der Waals surface area contributed by atoms with Crippen molar-refractivity contribution in [2.75, 3.05) is 31.1 Å². The van der Waals surface area contributed by atoms with E-state index in [2.05, 4.69) is 49.2 Å². The minimum Gasteiger partial charge on any atom is -0.475 e. The molecule has 0 unspecified atom stereocenters. The van der Waals surface area contributed by atoms with Gasteiger partial charge in [-0.25, -0.2) is 14.8 Å². The standard InChI is InChI=1S/C17H18N6.C2HF3O2/c1-12-8-15-16(20-3-2-19-15)9-14(12)13-10-21-17(22-11-13)23-6-4-18-5-7-23;3-2(4,5)1(6)7/h2-3,8-11,18H,4-7H2,1H3;(H,6,7). The van der Waals surface area contributed by atoms with Crippen LogP contribution in [0, 0.1) is 6.92 Å². The Kier molecular flexibility index (Phi) is 6.40. The number of carboxylic acid groups (broad SMARTS) is 1. The first-order chi connectivity index (χ1) is 14.3. The molecule has 0 spiro atoms. The maximum absolute atomic E-state index is 10.6. The molecule has 158 valence electrons. The Morgan fingerprint density at radius 3 is 2.10 bits per heavy atom. The number of halogens is 3. The van der Waals surface area contributed by atoms with Gasteiger partial charge >= 0.3 is 12.1 Å². The van der Waals surface area contributed by atoms with Crippen molar-refractivity contribution < 1.29 is 23.1 Å². The maximum Gasteiger partial charge on any atom is 0.490 e. The highest BCUT2D eigenvalue weighted by Gasteiger charge is 2.38. The number of aliphatic carboxylic acids is 1. The van der Waals surface area contributed by atoms with E-state index in [0.717, 1.165) is 59.9 Å². The molecule has 3 heterocycles. The summed E-state index contributed by atoms with van der Waals surface area (Å²) in [4.78, 5) is 28.9. The van der Waals surface area contributed by atoms with Crippen LogP contribution in [0.4, 0.5) is 19.1 Å². The molecule has 4 rings (SSSR count). The van der Waals surface area contributed by atoms with Gasteiger partial charge in [-0.2, -0.15) is 13.2 Å². The number of nitrogens with zero attached hydrogens (tertiary/aromatic N) is 5. The molecule has 1 saturated heterocycles. The number of anilines is 1. The molecule has 3 aromatic rings. The lowest BCUT2D eigenvalue weighted by molar-refractivity contribution is -0.192. The first-order valence-electron chi connectivity index (χ1n) is 9.05. The fourth-order valence-electron chi connectivity index (χ4n) is 2.91. The van der Waals surface area contributed by atoms with Crippen molar-refractivity contribution >= 4 is 23.0 Å². The highest BCUT2D eigenvalue weighted by atomic mass is 19.4. The Morgan fingerprint density at radius 2 is 1.57 bits per heavy atom. The lowest BCUT2D eigenvalue weighted by Gasteiger charge is -2.27. The summed E-state index contributed by atoms with van der Waals surface area (Å²) in [7, 11) is 0. The van der Waals surface area contributed by atoms with Crippen LogP contribution in [-0.2, 0) is 4.79 Å². The van der Waals surface area contributed by atoms with Crippen molar-refractivity contribution in [1.29, 1.82) is 0 Å². The summed E-state index contributed by atoms with van der Waals surface area (Å²) < 4.78 is 31.7. The van der Waals surface area contributed by atoms with Gasteiger partial charge < -0.3 is 15.3 Å². The van der Waals surface area contributed by atoms with Crippen molar-refractivity contribution in [2.24, 2.45) is 0 Å². The smallest absolute Gasteiger partial charge is 0.475 e. The first kappa shape index (κ1) is 21.4. The number of alkyl halides is 3. The van der Waals surface area contributed by atoms with Crippen molar-refractivity contribution in [3.05, 3.63) is 42.5 Å². The van der Waals surface area contributed by atoms with E-state index >= 15 is 0 Å². The van der Waals surface area contributed by atoms with E-state index in [-0.39, 0.29) is 0 Å². The monoisotopic (exact) mass is 420 g/mol. The van der Waals surface area contributed by atoms with Gasteiger partial charge in [0.25, 0.3) is 0 Å². The van der Waals surface area contributed by atoms with Gasteiger partial charge in [-0.15, -0.1) is 0 Å². The van der Waals surface area contributed by atoms with Crippen molar-refractivity contribution in [2.45, 2.75) is 13.1 Å². The quantitative estimate of drug-likeness (QED) is 0.652. The normalized spacial score (nSPS) is 14.2. The molecule has 0 aliphatic carbocycles. The average Bonchev–Trinajstić information content (AvgIpc) is 2.74. The molecule has 30 heavy (non-hydrogen) atoms. The topological polar surface area (TPSA) is 104 Å². The Labute approximate surface area is 169 Å². The molecule has 0 radical (unpaired) electrons. The Morgan fingerprint density at radius 1 is 1.03 bits per heavy atom. The molecule has 2 N–H and O–H groups in total. The minimum atomic E-state index is -5.08. The molecule has 0 amide bonds. The van der Waals surface area contributed by atoms with Crippen LogP contribution < -0.4 is 10.2 Å². The maximum atomic E-state index is 10.6. The van der Waals surface area contributed by atoms with Gasteiger partial charge in [-0.05, 0) is 30.2 Å². The summed E-state index contributed by atoms with van der Waals surface area (Å²) in [6.45, 7) is 5.93.